The van der Waals surface area contributed by atoms with Crippen LogP contribution in [0.3, 0.4) is 0 Å². The molecule has 2 N–H and O–H groups in total. The van der Waals surface area contributed by atoms with E-state index < -0.39 is 11.6 Å². The lowest BCUT2D eigenvalue weighted by Gasteiger charge is -2.29. The quantitative estimate of drug-likeness (QED) is 0.867. The summed E-state index contributed by atoms with van der Waals surface area (Å²) in [6.45, 7) is 6.68. The van der Waals surface area contributed by atoms with Gasteiger partial charge in [0, 0.05) is 24.0 Å². The van der Waals surface area contributed by atoms with E-state index in [2.05, 4.69) is 4.98 Å². The highest BCUT2D eigenvalue weighted by molar-refractivity contribution is 5.94. The van der Waals surface area contributed by atoms with Crippen LogP contribution in [0.4, 0.5) is 4.79 Å². The predicted octanol–water partition coefficient (Wildman–Crippen LogP) is 3.89. The van der Waals surface area contributed by atoms with Crippen LogP contribution in [-0.4, -0.2) is 45.7 Å². The van der Waals surface area contributed by atoms with Gasteiger partial charge in [-0.15, -0.1) is 0 Å². The number of amides is 1. The lowest BCUT2D eigenvalue weighted by Crippen LogP contribution is -2.39. The van der Waals surface area contributed by atoms with E-state index in [9.17, 15) is 9.59 Å². The zero-order chi connectivity index (χ0) is 18.2. The highest BCUT2D eigenvalue weighted by Crippen LogP contribution is 2.27. The fraction of sp³-hybridized carbons (Fsp3) is 0.368. The summed E-state index contributed by atoms with van der Waals surface area (Å²) in [7, 11) is 0. The van der Waals surface area contributed by atoms with Gasteiger partial charge in [0.2, 0.25) is 0 Å². The first-order chi connectivity index (χ1) is 11.7. The molecule has 6 nitrogen and oxygen atoms in total. The summed E-state index contributed by atoms with van der Waals surface area (Å²) in [5, 5.41) is 9.94. The molecule has 0 saturated heterocycles. The SMILES string of the molecule is CC(C)(C)OC(=O)N1CC=C(c2ccc3[nH]c(C(=O)O)cc3c2)CC1. The number of aromatic nitrogens is 1. The third-order valence-electron chi connectivity index (χ3n) is 4.08. The highest BCUT2D eigenvalue weighted by Gasteiger charge is 2.24. The van der Waals surface area contributed by atoms with Gasteiger partial charge in [-0.05, 0) is 56.5 Å². The molecule has 0 radical (unpaired) electrons. The summed E-state index contributed by atoms with van der Waals surface area (Å²) in [5.74, 6) is -0.970. The molecule has 1 aromatic carbocycles. The largest absolute Gasteiger partial charge is 0.477 e. The molecule has 0 unspecified atom stereocenters. The van der Waals surface area contributed by atoms with Crippen LogP contribution in [0.15, 0.2) is 30.3 Å². The second kappa shape index (κ2) is 6.27. The summed E-state index contributed by atoms with van der Waals surface area (Å²) >= 11 is 0. The number of rotatable bonds is 2. The van der Waals surface area contributed by atoms with Crippen LogP contribution in [-0.2, 0) is 4.74 Å². The Morgan fingerprint density at radius 3 is 2.60 bits per heavy atom. The zero-order valence-corrected chi connectivity index (χ0v) is 14.6. The van der Waals surface area contributed by atoms with Crippen LogP contribution in [0.25, 0.3) is 16.5 Å². The minimum Gasteiger partial charge on any atom is -0.477 e. The Bertz CT molecular complexity index is 858. The average molecular weight is 342 g/mol. The van der Waals surface area contributed by atoms with Gasteiger partial charge in [-0.2, -0.15) is 0 Å². The van der Waals surface area contributed by atoms with E-state index in [4.69, 9.17) is 9.84 Å². The van der Waals surface area contributed by atoms with Gasteiger partial charge >= 0.3 is 12.1 Å². The lowest BCUT2D eigenvalue weighted by molar-refractivity contribution is 0.0270. The molecule has 1 aliphatic heterocycles. The number of carbonyl (C=O) groups is 2. The number of H-pyrrole nitrogens is 1. The van der Waals surface area contributed by atoms with Gasteiger partial charge in [0.1, 0.15) is 11.3 Å². The van der Waals surface area contributed by atoms with Crippen LogP contribution in [0, 0.1) is 0 Å². The van der Waals surface area contributed by atoms with E-state index in [1.54, 1.807) is 11.0 Å². The fourth-order valence-corrected chi connectivity index (χ4v) is 2.87. The van der Waals surface area contributed by atoms with E-state index in [0.29, 0.717) is 13.1 Å². The van der Waals surface area contributed by atoms with Gasteiger partial charge in [0.05, 0.1) is 0 Å². The number of carboxylic acids is 1. The summed E-state index contributed by atoms with van der Waals surface area (Å²) in [6.07, 6.45) is 2.47. The molecule has 1 amide bonds. The predicted molar refractivity (Wildman–Crippen MR) is 95.7 cm³/mol. The number of aromatic amines is 1. The van der Waals surface area contributed by atoms with Gasteiger partial charge in [0.15, 0.2) is 0 Å². The Morgan fingerprint density at radius 2 is 2.00 bits per heavy atom. The van der Waals surface area contributed by atoms with E-state index >= 15 is 0 Å². The van der Waals surface area contributed by atoms with Gasteiger partial charge < -0.3 is 19.7 Å². The third-order valence-corrected chi connectivity index (χ3v) is 4.08. The first kappa shape index (κ1) is 17.1. The fourth-order valence-electron chi connectivity index (χ4n) is 2.87. The molecule has 0 bridgehead atoms. The van der Waals surface area contributed by atoms with Gasteiger partial charge in [-0.1, -0.05) is 12.1 Å². The number of benzene rings is 1. The molecule has 2 heterocycles. The summed E-state index contributed by atoms with van der Waals surface area (Å²) in [6, 6.07) is 7.47. The second-order valence-electron chi connectivity index (χ2n) is 7.20. The van der Waals surface area contributed by atoms with Crippen molar-refractivity contribution in [3.63, 3.8) is 0 Å². The van der Waals surface area contributed by atoms with Gasteiger partial charge in [-0.25, -0.2) is 9.59 Å². The maximum atomic E-state index is 12.1. The summed E-state index contributed by atoms with van der Waals surface area (Å²) in [5.41, 5.74) is 2.68. The number of hydrogen-bond donors (Lipinski definition) is 2. The van der Waals surface area contributed by atoms with Crippen LogP contribution in [0.2, 0.25) is 0 Å². The second-order valence-corrected chi connectivity index (χ2v) is 7.20. The van der Waals surface area contributed by atoms with E-state index in [0.717, 1.165) is 28.5 Å². The molecule has 2 aromatic rings. The molecule has 25 heavy (non-hydrogen) atoms. The van der Waals surface area contributed by atoms with Gasteiger partial charge in [-0.3, -0.25) is 0 Å². The average Bonchev–Trinajstić information content (AvgIpc) is 2.97. The van der Waals surface area contributed by atoms with Gasteiger partial charge in [0.25, 0.3) is 0 Å². The molecular weight excluding hydrogens is 320 g/mol. The van der Waals surface area contributed by atoms with E-state index in [1.807, 2.05) is 45.0 Å². The number of carbonyl (C=O) groups excluding carboxylic acids is 1. The van der Waals surface area contributed by atoms with Crippen LogP contribution < -0.4 is 0 Å². The topological polar surface area (TPSA) is 82.6 Å². The monoisotopic (exact) mass is 342 g/mol. The molecule has 1 aliphatic rings. The standard InChI is InChI=1S/C19H22N2O4/c1-19(2,3)25-18(24)21-8-6-12(7-9-21)13-4-5-15-14(10-13)11-16(20-15)17(22)23/h4-6,10-11,20H,7-9H2,1-3H3,(H,22,23). The van der Waals surface area contributed by atoms with Crippen molar-refractivity contribution >= 4 is 28.5 Å². The van der Waals surface area contributed by atoms with Crippen molar-refractivity contribution in [2.45, 2.75) is 32.8 Å². The Balaban J connectivity index is 1.76. The van der Waals surface area contributed by atoms with Crippen molar-refractivity contribution in [2.24, 2.45) is 0 Å². The van der Waals surface area contributed by atoms with Crippen LogP contribution in [0.5, 0.6) is 0 Å². The van der Waals surface area contributed by atoms with Crippen molar-refractivity contribution in [2.75, 3.05) is 13.1 Å². The molecule has 0 atom stereocenters. The van der Waals surface area contributed by atoms with Crippen molar-refractivity contribution < 1.29 is 19.4 Å². The van der Waals surface area contributed by atoms with Crippen molar-refractivity contribution in [1.82, 2.24) is 9.88 Å². The van der Waals surface area contributed by atoms with Crippen LogP contribution in [0.1, 0.15) is 43.2 Å². The van der Waals surface area contributed by atoms with E-state index in [-0.39, 0.29) is 11.8 Å². The molecule has 0 spiro atoms. The van der Waals surface area contributed by atoms with Crippen molar-refractivity contribution in [1.29, 1.82) is 0 Å². The molecule has 3 rings (SSSR count). The van der Waals surface area contributed by atoms with E-state index in [1.165, 1.54) is 0 Å². The molecule has 0 saturated carbocycles. The Morgan fingerprint density at radius 1 is 1.24 bits per heavy atom. The Hall–Kier alpha value is -2.76. The molecule has 132 valence electrons. The molecule has 6 heteroatoms. The molecule has 0 fully saturated rings. The first-order valence-corrected chi connectivity index (χ1v) is 8.26. The number of nitrogens with zero attached hydrogens (tertiary/aromatic N) is 1. The Kier molecular flexibility index (Phi) is 4.29. The Labute approximate surface area is 146 Å². The smallest absolute Gasteiger partial charge is 0.410 e. The highest BCUT2D eigenvalue weighted by atomic mass is 16.6. The maximum absolute atomic E-state index is 12.1. The first-order valence-electron chi connectivity index (χ1n) is 8.26. The number of fused-ring (bicyclic) bond motifs is 1. The minimum atomic E-state index is -0.970. The number of ether oxygens (including phenoxy) is 1. The lowest BCUT2D eigenvalue weighted by atomic mass is 9.98. The third kappa shape index (κ3) is 3.84. The minimum absolute atomic E-state index is 0.181. The van der Waals surface area contributed by atoms with Crippen LogP contribution >= 0.6 is 0 Å². The summed E-state index contributed by atoms with van der Waals surface area (Å²) in [4.78, 5) is 27.7. The normalized spacial score (nSPS) is 15.2. The number of carboxylic acid groups (broad SMARTS) is 1. The maximum Gasteiger partial charge on any atom is 0.410 e. The molecule has 1 aromatic heterocycles. The van der Waals surface area contributed by atoms with Crippen molar-refractivity contribution in [3.05, 3.63) is 41.6 Å². The molecule has 0 aliphatic carbocycles. The zero-order valence-electron chi connectivity index (χ0n) is 14.6. The number of aromatic carboxylic acids is 1. The number of hydrogen-bond acceptors (Lipinski definition) is 3. The summed E-state index contributed by atoms with van der Waals surface area (Å²) < 4.78 is 5.40. The molecular formula is C19H22N2O4. The number of nitrogens with one attached hydrogen (secondary N) is 1. The van der Waals surface area contributed by atoms with Crippen molar-refractivity contribution in [3.8, 4) is 0 Å².